The van der Waals surface area contributed by atoms with E-state index >= 15 is 0 Å². The van der Waals surface area contributed by atoms with E-state index < -0.39 is 0 Å². The van der Waals surface area contributed by atoms with E-state index in [1.807, 2.05) is 18.2 Å². The van der Waals surface area contributed by atoms with E-state index in [1.54, 1.807) is 11.3 Å². The van der Waals surface area contributed by atoms with Crippen molar-refractivity contribution in [2.75, 3.05) is 0 Å². The van der Waals surface area contributed by atoms with Crippen LogP contribution in [0.1, 0.15) is 28.2 Å². The number of nitrogens with zero attached hydrogens (tertiary/aromatic N) is 1. The molecule has 0 saturated heterocycles. The molecule has 1 aliphatic carbocycles. The van der Waals surface area contributed by atoms with E-state index in [0.29, 0.717) is 17.1 Å². The van der Waals surface area contributed by atoms with Crippen LogP contribution in [0.15, 0.2) is 22.7 Å². The number of ketones is 1. The third-order valence-corrected chi connectivity index (χ3v) is 5.33. The SMILES string of the molecule is O=C1CCCc2sc(-c3ccc(Br)c(Cl)c3)nc21. The average molecular weight is 343 g/mol. The first-order chi connectivity index (χ1) is 8.65. The number of hydrogen-bond donors (Lipinski definition) is 0. The van der Waals surface area contributed by atoms with Gasteiger partial charge in [-0.15, -0.1) is 11.3 Å². The smallest absolute Gasteiger partial charge is 0.182 e. The molecule has 1 aromatic heterocycles. The summed E-state index contributed by atoms with van der Waals surface area (Å²) in [5.74, 6) is 0.168. The third-order valence-electron chi connectivity index (χ3n) is 2.94. The van der Waals surface area contributed by atoms with Crippen LogP contribution >= 0.6 is 38.9 Å². The molecule has 5 heteroatoms. The second kappa shape index (κ2) is 4.76. The van der Waals surface area contributed by atoms with Crippen LogP contribution in [-0.2, 0) is 6.42 Å². The van der Waals surface area contributed by atoms with Crippen molar-refractivity contribution in [1.29, 1.82) is 0 Å². The maximum absolute atomic E-state index is 11.8. The van der Waals surface area contributed by atoms with Gasteiger partial charge in [-0.2, -0.15) is 0 Å². The minimum Gasteiger partial charge on any atom is -0.292 e. The summed E-state index contributed by atoms with van der Waals surface area (Å²) >= 11 is 11.0. The van der Waals surface area contributed by atoms with Gasteiger partial charge in [-0.25, -0.2) is 4.98 Å². The number of halogens is 2. The Morgan fingerprint density at radius 2 is 2.17 bits per heavy atom. The van der Waals surface area contributed by atoms with Crippen molar-refractivity contribution in [3.05, 3.63) is 38.3 Å². The predicted octanol–water partition coefficient (Wildman–Crippen LogP) is 4.75. The lowest BCUT2D eigenvalue weighted by atomic mass is 10.0. The fourth-order valence-electron chi connectivity index (χ4n) is 2.02. The van der Waals surface area contributed by atoms with Crippen LogP contribution in [0.25, 0.3) is 10.6 Å². The number of carbonyl (C=O) groups excluding carboxylic acids is 1. The molecule has 3 rings (SSSR count). The lowest BCUT2D eigenvalue weighted by Crippen LogP contribution is -2.08. The first-order valence-electron chi connectivity index (χ1n) is 5.63. The summed E-state index contributed by atoms with van der Waals surface area (Å²) in [6.07, 6.45) is 2.52. The van der Waals surface area contributed by atoms with E-state index in [2.05, 4.69) is 20.9 Å². The lowest BCUT2D eigenvalue weighted by molar-refractivity contribution is 0.0968. The van der Waals surface area contributed by atoms with Crippen molar-refractivity contribution >= 4 is 44.7 Å². The largest absolute Gasteiger partial charge is 0.292 e. The van der Waals surface area contributed by atoms with Crippen LogP contribution in [0.3, 0.4) is 0 Å². The number of carbonyl (C=O) groups is 1. The Hall–Kier alpha value is -0.710. The normalized spacial score (nSPS) is 14.7. The highest BCUT2D eigenvalue weighted by molar-refractivity contribution is 9.10. The molecule has 1 aromatic carbocycles. The molecule has 0 fully saturated rings. The summed E-state index contributed by atoms with van der Waals surface area (Å²) in [5, 5.41) is 1.54. The van der Waals surface area contributed by atoms with Crippen LogP contribution in [0.4, 0.5) is 0 Å². The zero-order valence-corrected chi connectivity index (χ0v) is 12.5. The molecule has 0 spiro atoms. The third kappa shape index (κ3) is 2.13. The molecule has 92 valence electrons. The second-order valence-corrected chi connectivity index (χ2v) is 6.54. The highest BCUT2D eigenvalue weighted by Crippen LogP contribution is 2.35. The molecule has 0 N–H and O–H groups in total. The summed E-state index contributed by atoms with van der Waals surface area (Å²) in [7, 11) is 0. The molecule has 18 heavy (non-hydrogen) atoms. The fourth-order valence-corrected chi connectivity index (χ4v) is 3.56. The van der Waals surface area contributed by atoms with Crippen molar-refractivity contribution in [3.8, 4) is 10.6 Å². The monoisotopic (exact) mass is 341 g/mol. The van der Waals surface area contributed by atoms with E-state index in [9.17, 15) is 4.79 Å². The van der Waals surface area contributed by atoms with Crippen molar-refractivity contribution in [2.45, 2.75) is 19.3 Å². The molecule has 0 bridgehead atoms. The molecule has 0 amide bonds. The standard InChI is InChI=1S/C13H9BrClNOS/c14-8-5-4-7(6-9(8)15)13-16-12-10(17)2-1-3-11(12)18-13/h4-6H,1-3H2. The average Bonchev–Trinajstić information content (AvgIpc) is 2.78. The van der Waals surface area contributed by atoms with E-state index in [-0.39, 0.29) is 5.78 Å². The molecular formula is C13H9BrClNOS. The van der Waals surface area contributed by atoms with E-state index in [1.165, 1.54) is 0 Å². The fraction of sp³-hybridized carbons (Fsp3) is 0.231. The van der Waals surface area contributed by atoms with Gasteiger partial charge in [0.15, 0.2) is 5.78 Å². The number of fused-ring (bicyclic) bond motifs is 1. The minimum absolute atomic E-state index is 0.168. The van der Waals surface area contributed by atoms with Crippen molar-refractivity contribution < 1.29 is 4.79 Å². The molecule has 1 aliphatic rings. The Balaban J connectivity index is 2.07. The van der Waals surface area contributed by atoms with Gasteiger partial charge in [-0.05, 0) is 40.9 Å². The zero-order valence-electron chi connectivity index (χ0n) is 9.37. The summed E-state index contributed by atoms with van der Waals surface area (Å²) < 4.78 is 0.866. The molecule has 0 aliphatic heterocycles. The van der Waals surface area contributed by atoms with Gasteiger partial charge in [-0.1, -0.05) is 17.7 Å². The van der Waals surface area contributed by atoms with Gasteiger partial charge in [0, 0.05) is 21.3 Å². The van der Waals surface area contributed by atoms with Gasteiger partial charge < -0.3 is 0 Å². The Kier molecular flexibility index (Phi) is 3.26. The van der Waals surface area contributed by atoms with Crippen LogP contribution < -0.4 is 0 Å². The van der Waals surface area contributed by atoms with Gasteiger partial charge in [0.05, 0.1) is 5.02 Å². The van der Waals surface area contributed by atoms with Crippen LogP contribution in [0.5, 0.6) is 0 Å². The number of thiazole rings is 1. The molecule has 0 radical (unpaired) electrons. The van der Waals surface area contributed by atoms with E-state index in [0.717, 1.165) is 32.8 Å². The number of aromatic nitrogens is 1. The quantitative estimate of drug-likeness (QED) is 0.749. The minimum atomic E-state index is 0.168. The first kappa shape index (κ1) is 12.3. The first-order valence-corrected chi connectivity index (χ1v) is 7.62. The van der Waals surface area contributed by atoms with Gasteiger partial charge in [0.25, 0.3) is 0 Å². The Morgan fingerprint density at radius 3 is 2.89 bits per heavy atom. The second-order valence-electron chi connectivity index (χ2n) is 4.20. The molecule has 0 saturated carbocycles. The molecule has 1 heterocycles. The van der Waals surface area contributed by atoms with Crippen molar-refractivity contribution in [3.63, 3.8) is 0 Å². The van der Waals surface area contributed by atoms with Crippen LogP contribution in [0.2, 0.25) is 5.02 Å². The Labute approximate surface area is 122 Å². The Morgan fingerprint density at radius 1 is 1.33 bits per heavy atom. The maximum atomic E-state index is 11.8. The number of benzene rings is 1. The molecule has 2 aromatic rings. The highest BCUT2D eigenvalue weighted by Gasteiger charge is 2.22. The predicted molar refractivity (Wildman–Crippen MR) is 77.5 cm³/mol. The number of rotatable bonds is 1. The molecule has 0 unspecified atom stereocenters. The van der Waals surface area contributed by atoms with Gasteiger partial charge in [0.1, 0.15) is 10.7 Å². The zero-order chi connectivity index (χ0) is 12.7. The number of Topliss-reactive ketones (excluding diaryl/α,β-unsaturated/α-hetero) is 1. The van der Waals surface area contributed by atoms with Gasteiger partial charge >= 0.3 is 0 Å². The van der Waals surface area contributed by atoms with Crippen molar-refractivity contribution in [2.24, 2.45) is 0 Å². The van der Waals surface area contributed by atoms with Crippen LogP contribution in [-0.4, -0.2) is 10.8 Å². The highest BCUT2D eigenvalue weighted by atomic mass is 79.9. The summed E-state index contributed by atoms with van der Waals surface area (Å²) in [5.41, 5.74) is 1.63. The summed E-state index contributed by atoms with van der Waals surface area (Å²) in [6, 6.07) is 5.74. The van der Waals surface area contributed by atoms with Gasteiger partial charge in [0.2, 0.25) is 0 Å². The van der Waals surface area contributed by atoms with E-state index in [4.69, 9.17) is 11.6 Å². The Bertz CT molecular complexity index is 638. The summed E-state index contributed by atoms with van der Waals surface area (Å²) in [6.45, 7) is 0. The molecule has 2 nitrogen and oxygen atoms in total. The summed E-state index contributed by atoms with van der Waals surface area (Å²) in [4.78, 5) is 17.3. The topological polar surface area (TPSA) is 30.0 Å². The lowest BCUT2D eigenvalue weighted by Gasteiger charge is -2.06. The van der Waals surface area contributed by atoms with Gasteiger partial charge in [-0.3, -0.25) is 4.79 Å². The molecule has 0 atom stereocenters. The maximum Gasteiger partial charge on any atom is 0.182 e. The number of hydrogen-bond acceptors (Lipinski definition) is 3. The van der Waals surface area contributed by atoms with Crippen molar-refractivity contribution in [1.82, 2.24) is 4.98 Å². The number of aryl methyl sites for hydroxylation is 1. The molecular weight excluding hydrogens is 334 g/mol. The van der Waals surface area contributed by atoms with Crippen LogP contribution in [0, 0.1) is 0 Å².